The molecule has 56 valence electrons. The van der Waals surface area contributed by atoms with Crippen LogP contribution in [0.1, 0.15) is 26.7 Å². The third kappa shape index (κ3) is 0.681. The van der Waals surface area contributed by atoms with Crippen LogP contribution in [0.15, 0.2) is 25.3 Å². The molecular formula is C10H16. The van der Waals surface area contributed by atoms with Crippen molar-refractivity contribution in [2.24, 2.45) is 10.8 Å². The van der Waals surface area contributed by atoms with Crippen molar-refractivity contribution in [3.8, 4) is 0 Å². The predicted molar refractivity (Wildman–Crippen MR) is 45.8 cm³/mol. The Hall–Kier alpha value is -0.520. The van der Waals surface area contributed by atoms with E-state index < -0.39 is 0 Å². The van der Waals surface area contributed by atoms with Crippen LogP contribution in [0.2, 0.25) is 0 Å². The van der Waals surface area contributed by atoms with Gasteiger partial charge in [-0.2, -0.15) is 0 Å². The molecule has 0 bridgehead atoms. The fraction of sp³-hybridized carbons (Fsp3) is 0.600. The SMILES string of the molecule is C=CC1(C)CCC1(C)C=C. The average Bonchev–Trinajstić information content (AvgIpc) is 1.99. The van der Waals surface area contributed by atoms with Crippen LogP contribution in [0.4, 0.5) is 0 Å². The highest BCUT2D eigenvalue weighted by molar-refractivity contribution is 5.16. The van der Waals surface area contributed by atoms with Gasteiger partial charge < -0.3 is 0 Å². The molecule has 1 aliphatic rings. The molecule has 0 aromatic heterocycles. The lowest BCUT2D eigenvalue weighted by Crippen LogP contribution is -2.44. The second kappa shape index (κ2) is 1.98. The Bertz CT molecular complexity index is 149. The van der Waals surface area contributed by atoms with E-state index in [9.17, 15) is 0 Å². The van der Waals surface area contributed by atoms with E-state index in [2.05, 4.69) is 39.2 Å². The summed E-state index contributed by atoms with van der Waals surface area (Å²) in [7, 11) is 0. The minimum atomic E-state index is 0.314. The molecule has 0 saturated heterocycles. The van der Waals surface area contributed by atoms with Crippen LogP contribution in [0.3, 0.4) is 0 Å². The Kier molecular flexibility index (Phi) is 1.50. The Morgan fingerprint density at radius 3 is 1.40 bits per heavy atom. The topological polar surface area (TPSA) is 0 Å². The molecule has 0 N–H and O–H groups in total. The largest absolute Gasteiger partial charge is 0.103 e. The molecule has 1 saturated carbocycles. The minimum absolute atomic E-state index is 0.314. The van der Waals surface area contributed by atoms with E-state index in [4.69, 9.17) is 0 Å². The van der Waals surface area contributed by atoms with Crippen LogP contribution >= 0.6 is 0 Å². The van der Waals surface area contributed by atoms with Crippen molar-refractivity contribution in [1.29, 1.82) is 0 Å². The highest BCUT2D eigenvalue weighted by atomic mass is 14.5. The van der Waals surface area contributed by atoms with Crippen LogP contribution in [-0.2, 0) is 0 Å². The molecule has 0 heterocycles. The van der Waals surface area contributed by atoms with Gasteiger partial charge in [-0.05, 0) is 23.7 Å². The van der Waals surface area contributed by atoms with Gasteiger partial charge in [0.1, 0.15) is 0 Å². The quantitative estimate of drug-likeness (QED) is 0.511. The molecule has 1 aliphatic carbocycles. The van der Waals surface area contributed by atoms with Crippen LogP contribution in [-0.4, -0.2) is 0 Å². The summed E-state index contributed by atoms with van der Waals surface area (Å²) in [5, 5.41) is 0. The Labute approximate surface area is 63.6 Å². The van der Waals surface area contributed by atoms with Gasteiger partial charge in [0.2, 0.25) is 0 Å². The lowest BCUT2D eigenvalue weighted by Gasteiger charge is -2.53. The van der Waals surface area contributed by atoms with Gasteiger partial charge in [0, 0.05) is 0 Å². The first-order valence-corrected chi connectivity index (χ1v) is 3.85. The zero-order valence-corrected chi connectivity index (χ0v) is 6.98. The summed E-state index contributed by atoms with van der Waals surface area (Å²) >= 11 is 0. The first-order valence-electron chi connectivity index (χ1n) is 3.85. The Balaban J connectivity index is 2.83. The molecule has 1 rings (SSSR count). The summed E-state index contributed by atoms with van der Waals surface area (Å²) in [5.74, 6) is 0. The molecule has 0 aliphatic heterocycles. The molecule has 0 nitrogen and oxygen atoms in total. The lowest BCUT2D eigenvalue weighted by molar-refractivity contribution is 0.0433. The fourth-order valence-corrected chi connectivity index (χ4v) is 1.58. The van der Waals surface area contributed by atoms with E-state index in [1.807, 2.05) is 0 Å². The maximum absolute atomic E-state index is 3.85. The number of allylic oxidation sites excluding steroid dienone is 2. The average molecular weight is 136 g/mol. The van der Waals surface area contributed by atoms with Crippen molar-refractivity contribution < 1.29 is 0 Å². The molecule has 0 aromatic rings. The van der Waals surface area contributed by atoms with Crippen LogP contribution < -0.4 is 0 Å². The number of hydrogen-bond acceptors (Lipinski definition) is 0. The van der Waals surface area contributed by atoms with Crippen molar-refractivity contribution in [3.63, 3.8) is 0 Å². The normalized spacial score (nSPS) is 45.8. The summed E-state index contributed by atoms with van der Waals surface area (Å²) in [6.07, 6.45) is 6.66. The highest BCUT2D eigenvalue weighted by Gasteiger charge is 2.48. The molecule has 1 fully saturated rings. The molecule has 0 heteroatoms. The molecule has 2 unspecified atom stereocenters. The molecule has 0 aromatic carbocycles. The zero-order chi connectivity index (χ0) is 7.83. The smallest absolute Gasteiger partial charge is 0.00607 e. The van der Waals surface area contributed by atoms with E-state index in [0.29, 0.717) is 10.8 Å². The second-order valence-electron chi connectivity index (χ2n) is 3.74. The van der Waals surface area contributed by atoms with E-state index in [0.717, 1.165) is 0 Å². The van der Waals surface area contributed by atoms with Gasteiger partial charge in [0.25, 0.3) is 0 Å². The van der Waals surface area contributed by atoms with Gasteiger partial charge in [0.05, 0.1) is 0 Å². The van der Waals surface area contributed by atoms with Crippen molar-refractivity contribution in [2.45, 2.75) is 26.7 Å². The second-order valence-corrected chi connectivity index (χ2v) is 3.74. The first-order chi connectivity index (χ1) is 4.58. The van der Waals surface area contributed by atoms with Crippen molar-refractivity contribution in [1.82, 2.24) is 0 Å². The van der Waals surface area contributed by atoms with Crippen molar-refractivity contribution in [3.05, 3.63) is 25.3 Å². The molecule has 0 radical (unpaired) electrons. The van der Waals surface area contributed by atoms with Gasteiger partial charge in [-0.25, -0.2) is 0 Å². The standard InChI is InChI=1S/C10H16/c1-5-9(3)7-8-10(9,4)6-2/h5-6H,1-2,7-8H2,3-4H3. The first kappa shape index (κ1) is 7.59. The molecule has 10 heavy (non-hydrogen) atoms. The van der Waals surface area contributed by atoms with Gasteiger partial charge in [-0.3, -0.25) is 0 Å². The van der Waals surface area contributed by atoms with E-state index in [-0.39, 0.29) is 0 Å². The van der Waals surface area contributed by atoms with Crippen LogP contribution in [0.5, 0.6) is 0 Å². The van der Waals surface area contributed by atoms with Gasteiger partial charge >= 0.3 is 0 Å². The zero-order valence-electron chi connectivity index (χ0n) is 6.98. The summed E-state index contributed by atoms with van der Waals surface area (Å²) in [5.41, 5.74) is 0.628. The molecule has 2 atom stereocenters. The lowest BCUT2D eigenvalue weighted by atomic mass is 9.51. The van der Waals surface area contributed by atoms with Gasteiger partial charge in [-0.15, -0.1) is 13.2 Å². The minimum Gasteiger partial charge on any atom is -0.103 e. The third-order valence-electron chi connectivity index (χ3n) is 3.37. The summed E-state index contributed by atoms with van der Waals surface area (Å²) in [6.45, 7) is 12.2. The Morgan fingerprint density at radius 1 is 1.00 bits per heavy atom. The summed E-state index contributed by atoms with van der Waals surface area (Å²) < 4.78 is 0. The summed E-state index contributed by atoms with van der Waals surface area (Å²) in [6, 6.07) is 0. The molecule has 0 amide bonds. The number of rotatable bonds is 2. The Morgan fingerprint density at radius 2 is 1.30 bits per heavy atom. The van der Waals surface area contributed by atoms with Gasteiger partial charge in [-0.1, -0.05) is 26.0 Å². The summed E-state index contributed by atoms with van der Waals surface area (Å²) in [4.78, 5) is 0. The molecular weight excluding hydrogens is 120 g/mol. The van der Waals surface area contributed by atoms with Crippen LogP contribution in [0, 0.1) is 10.8 Å². The molecule has 0 spiro atoms. The van der Waals surface area contributed by atoms with Crippen molar-refractivity contribution in [2.75, 3.05) is 0 Å². The van der Waals surface area contributed by atoms with E-state index >= 15 is 0 Å². The fourth-order valence-electron chi connectivity index (χ4n) is 1.58. The maximum Gasteiger partial charge on any atom is -0.00607 e. The van der Waals surface area contributed by atoms with Crippen LogP contribution in [0.25, 0.3) is 0 Å². The number of hydrogen-bond donors (Lipinski definition) is 0. The van der Waals surface area contributed by atoms with E-state index in [1.165, 1.54) is 12.8 Å². The third-order valence-corrected chi connectivity index (χ3v) is 3.37. The van der Waals surface area contributed by atoms with E-state index in [1.54, 1.807) is 0 Å². The predicted octanol–water partition coefficient (Wildman–Crippen LogP) is 3.16. The maximum atomic E-state index is 3.85. The van der Waals surface area contributed by atoms with Crippen molar-refractivity contribution >= 4 is 0 Å². The monoisotopic (exact) mass is 136 g/mol. The highest BCUT2D eigenvalue weighted by Crippen LogP contribution is 2.57. The van der Waals surface area contributed by atoms with Gasteiger partial charge in [0.15, 0.2) is 0 Å².